The molecule has 0 aliphatic heterocycles. The lowest BCUT2D eigenvalue weighted by Gasteiger charge is -2.17. The quantitative estimate of drug-likeness (QED) is 0.528. The van der Waals surface area contributed by atoms with Crippen LogP contribution in [0.5, 0.6) is 0 Å². The van der Waals surface area contributed by atoms with Crippen molar-refractivity contribution in [1.82, 2.24) is 0 Å². The predicted molar refractivity (Wildman–Crippen MR) is 101 cm³/mol. The molecular weight excluding hydrogens is 344 g/mol. The first-order valence-corrected chi connectivity index (χ1v) is 11.5. The molecule has 24 heavy (non-hydrogen) atoms. The first kappa shape index (κ1) is 21.0. The van der Waals surface area contributed by atoms with E-state index < -0.39 is 33.7 Å². The Hall–Kier alpha value is -1.01. The average molecular weight is 373 g/mol. The molecule has 6 heteroatoms. The maximum atomic E-state index is 12.2. The summed E-state index contributed by atoms with van der Waals surface area (Å²) in [6.45, 7) is 4.09. The molecule has 0 amide bonds. The first-order valence-electron chi connectivity index (χ1n) is 8.52. The Kier molecular flexibility index (Phi) is 10.8. The van der Waals surface area contributed by atoms with Gasteiger partial charge in [0.1, 0.15) is 6.10 Å². The minimum absolute atomic E-state index is 0.260. The molecule has 2 atom stereocenters. The molecule has 0 aliphatic rings. The molecule has 0 spiro atoms. The van der Waals surface area contributed by atoms with E-state index in [9.17, 15) is 13.2 Å². The Morgan fingerprint density at radius 2 is 1.46 bits per heavy atom. The normalized spacial score (nSPS) is 13.6. The molecule has 1 aromatic rings. The first-order chi connectivity index (χ1) is 11.6. The van der Waals surface area contributed by atoms with Crippen LogP contribution in [0.25, 0.3) is 0 Å². The number of benzene rings is 1. The highest BCUT2D eigenvalue weighted by molar-refractivity contribution is 7.86. The number of carbonyl (C=O) groups excluding carboxylic acids is 1. The molecule has 0 saturated carbocycles. The summed E-state index contributed by atoms with van der Waals surface area (Å²) in [7, 11) is -2.11. The predicted octanol–water partition coefficient (Wildman–Crippen LogP) is 3.31. The Labute approximate surface area is 150 Å². The summed E-state index contributed by atoms with van der Waals surface area (Å²) in [4.78, 5) is 12.2. The van der Waals surface area contributed by atoms with Gasteiger partial charge in [0.15, 0.2) is 0 Å². The number of unbranched alkanes of at least 4 members (excludes halogenated alkanes) is 2. The molecule has 0 aliphatic carbocycles. The third-order valence-corrected chi connectivity index (χ3v) is 6.45. The van der Waals surface area contributed by atoms with Crippen molar-refractivity contribution < 1.29 is 17.9 Å². The van der Waals surface area contributed by atoms with E-state index in [-0.39, 0.29) is 11.5 Å². The van der Waals surface area contributed by atoms with Crippen molar-refractivity contribution in [2.45, 2.75) is 45.6 Å². The second-order valence-electron chi connectivity index (χ2n) is 5.72. The lowest BCUT2D eigenvalue weighted by atomic mass is 10.2. The van der Waals surface area contributed by atoms with E-state index in [4.69, 9.17) is 4.74 Å². The van der Waals surface area contributed by atoms with Crippen molar-refractivity contribution in [1.29, 1.82) is 0 Å². The molecule has 0 fully saturated rings. The number of carbonyl (C=O) groups is 1. The lowest BCUT2D eigenvalue weighted by molar-refractivity contribution is 0.0391. The number of ether oxygens (including phenoxy) is 1. The topological polar surface area (TPSA) is 60.4 Å². The third kappa shape index (κ3) is 8.73. The summed E-state index contributed by atoms with van der Waals surface area (Å²) >= 11 is 0. The van der Waals surface area contributed by atoms with Crippen LogP contribution < -0.4 is 0 Å². The Bertz CT molecular complexity index is 509. The van der Waals surface area contributed by atoms with Gasteiger partial charge in [0.05, 0.1) is 17.1 Å². The maximum absolute atomic E-state index is 12.2. The van der Waals surface area contributed by atoms with E-state index in [0.29, 0.717) is 17.1 Å². The van der Waals surface area contributed by atoms with Crippen molar-refractivity contribution >= 4 is 27.6 Å². The monoisotopic (exact) mass is 372 g/mol. The van der Waals surface area contributed by atoms with Crippen molar-refractivity contribution in [2.75, 3.05) is 23.0 Å². The van der Waals surface area contributed by atoms with Crippen LogP contribution in [0.3, 0.4) is 0 Å². The van der Waals surface area contributed by atoms with Gasteiger partial charge in [-0.25, -0.2) is 4.79 Å². The van der Waals surface area contributed by atoms with Crippen LogP contribution in [0.4, 0.5) is 0 Å². The Morgan fingerprint density at radius 3 is 1.92 bits per heavy atom. The molecule has 0 bridgehead atoms. The fourth-order valence-corrected chi connectivity index (χ4v) is 5.01. The molecule has 0 unspecified atom stereocenters. The average Bonchev–Trinajstić information content (AvgIpc) is 2.58. The molecule has 0 radical (unpaired) electrons. The van der Waals surface area contributed by atoms with Crippen LogP contribution in [0.1, 0.15) is 49.9 Å². The lowest BCUT2D eigenvalue weighted by Crippen LogP contribution is -2.31. The van der Waals surface area contributed by atoms with E-state index >= 15 is 0 Å². The highest BCUT2D eigenvalue weighted by Gasteiger charge is 2.21. The van der Waals surface area contributed by atoms with Crippen LogP contribution >= 0.6 is 0 Å². The van der Waals surface area contributed by atoms with Gasteiger partial charge in [0, 0.05) is 33.1 Å². The minimum atomic E-state index is -1.06. The van der Waals surface area contributed by atoms with Crippen LogP contribution in [0.15, 0.2) is 30.3 Å². The van der Waals surface area contributed by atoms with Gasteiger partial charge in [0.2, 0.25) is 0 Å². The SMILES string of the molecule is CCCC[S@](=O)CC(C[S@@](=O)CCCC)OC(=O)c1ccccc1. The van der Waals surface area contributed by atoms with Crippen molar-refractivity contribution in [3.8, 4) is 0 Å². The van der Waals surface area contributed by atoms with Crippen LogP contribution in [0.2, 0.25) is 0 Å². The standard InChI is InChI=1S/C18H28O4S2/c1-3-5-12-23(20)14-17(15-24(21)13-6-4-2)22-18(19)16-10-8-7-9-11-16/h7-11,17H,3-6,12-15H2,1-2H3/t23-,24-/m0/s1. The molecule has 1 rings (SSSR count). The molecule has 1 aromatic carbocycles. The highest BCUT2D eigenvalue weighted by atomic mass is 32.2. The van der Waals surface area contributed by atoms with Gasteiger partial charge in [-0.1, -0.05) is 44.9 Å². The van der Waals surface area contributed by atoms with Crippen molar-refractivity contribution in [3.63, 3.8) is 0 Å². The van der Waals surface area contributed by atoms with Gasteiger partial charge in [-0.05, 0) is 25.0 Å². The molecular formula is C18H28O4S2. The zero-order valence-corrected chi connectivity index (χ0v) is 16.2. The summed E-state index contributed by atoms with van der Waals surface area (Å²) in [6, 6.07) is 8.73. The molecule has 0 N–H and O–H groups in total. The van der Waals surface area contributed by atoms with E-state index in [2.05, 4.69) is 0 Å². The summed E-state index contributed by atoms with van der Waals surface area (Å²) in [5.41, 5.74) is 0.459. The van der Waals surface area contributed by atoms with Gasteiger partial charge in [-0.2, -0.15) is 0 Å². The van der Waals surface area contributed by atoms with Gasteiger partial charge in [-0.3, -0.25) is 8.42 Å². The molecule has 4 nitrogen and oxygen atoms in total. The van der Waals surface area contributed by atoms with E-state index in [1.54, 1.807) is 24.3 Å². The van der Waals surface area contributed by atoms with Crippen molar-refractivity contribution in [3.05, 3.63) is 35.9 Å². The maximum Gasteiger partial charge on any atom is 0.338 e. The summed E-state index contributed by atoms with van der Waals surface area (Å²) in [5, 5.41) is 0. The summed E-state index contributed by atoms with van der Waals surface area (Å²) in [6.07, 6.45) is 3.15. The van der Waals surface area contributed by atoms with Crippen molar-refractivity contribution in [2.24, 2.45) is 0 Å². The number of rotatable bonds is 12. The Balaban J connectivity index is 2.66. The van der Waals surface area contributed by atoms with Gasteiger partial charge >= 0.3 is 5.97 Å². The minimum Gasteiger partial charge on any atom is -0.457 e. The summed E-state index contributed by atoms with van der Waals surface area (Å²) < 4.78 is 29.8. The molecule has 136 valence electrons. The van der Waals surface area contributed by atoms with E-state index in [1.807, 2.05) is 19.9 Å². The molecule has 0 saturated heterocycles. The van der Waals surface area contributed by atoms with Crippen LogP contribution in [-0.2, 0) is 26.3 Å². The zero-order chi connectivity index (χ0) is 17.8. The second kappa shape index (κ2) is 12.4. The third-order valence-electron chi connectivity index (χ3n) is 3.48. The van der Waals surface area contributed by atoms with Gasteiger partial charge < -0.3 is 4.74 Å². The van der Waals surface area contributed by atoms with Crippen LogP contribution in [0, 0.1) is 0 Å². The van der Waals surface area contributed by atoms with Gasteiger partial charge in [0.25, 0.3) is 0 Å². The fourth-order valence-electron chi connectivity index (χ4n) is 2.10. The number of esters is 1. The number of hydrogen-bond donors (Lipinski definition) is 0. The van der Waals surface area contributed by atoms with E-state index in [1.165, 1.54) is 0 Å². The molecule has 0 aromatic heterocycles. The van der Waals surface area contributed by atoms with Crippen LogP contribution in [-0.4, -0.2) is 43.5 Å². The molecule has 0 heterocycles. The Morgan fingerprint density at radius 1 is 0.958 bits per heavy atom. The largest absolute Gasteiger partial charge is 0.457 e. The summed E-state index contributed by atoms with van der Waals surface area (Å²) in [5.74, 6) is 1.27. The highest BCUT2D eigenvalue weighted by Crippen LogP contribution is 2.08. The smallest absolute Gasteiger partial charge is 0.338 e. The van der Waals surface area contributed by atoms with Gasteiger partial charge in [-0.15, -0.1) is 0 Å². The second-order valence-corrected chi connectivity index (χ2v) is 8.96. The zero-order valence-electron chi connectivity index (χ0n) is 14.6. The van der Waals surface area contributed by atoms with E-state index in [0.717, 1.165) is 25.7 Å². The number of hydrogen-bond acceptors (Lipinski definition) is 4. The fraction of sp³-hybridized carbons (Fsp3) is 0.611.